The van der Waals surface area contributed by atoms with Gasteiger partial charge in [0.2, 0.25) is 0 Å². The van der Waals surface area contributed by atoms with Gasteiger partial charge in [0.15, 0.2) is 5.78 Å². The fraction of sp³-hybridized carbons (Fsp3) is 0.533. The van der Waals surface area contributed by atoms with E-state index in [1.54, 1.807) is 0 Å². The van der Waals surface area contributed by atoms with E-state index in [0.717, 1.165) is 12.0 Å². The molecule has 0 spiro atoms. The number of carbonyl (C=O) groups is 1. The van der Waals surface area contributed by atoms with Crippen LogP contribution in [0.2, 0.25) is 0 Å². The maximum atomic E-state index is 11.7. The van der Waals surface area contributed by atoms with E-state index < -0.39 is 0 Å². The Kier molecular flexibility index (Phi) is 5.84. The molecule has 1 rings (SSSR count). The summed E-state index contributed by atoms with van der Waals surface area (Å²) in [6.45, 7) is 4.14. The highest BCUT2D eigenvalue weighted by molar-refractivity contribution is 5.97. The quantitative estimate of drug-likeness (QED) is 0.489. The minimum atomic E-state index is 0.270. The molecule has 0 bridgehead atoms. The number of unbranched alkanes of at least 4 members (excludes halogenated alkanes) is 3. The summed E-state index contributed by atoms with van der Waals surface area (Å²) in [5, 5.41) is 0. The van der Waals surface area contributed by atoms with Crippen molar-refractivity contribution in [3.05, 3.63) is 35.4 Å². The van der Waals surface area contributed by atoms with Gasteiger partial charge in [-0.05, 0) is 18.4 Å². The molecule has 88 valence electrons. The maximum Gasteiger partial charge on any atom is 0.162 e. The molecule has 0 aliphatic rings. The van der Waals surface area contributed by atoms with Gasteiger partial charge in [-0.15, -0.1) is 0 Å². The van der Waals surface area contributed by atoms with Crippen molar-refractivity contribution in [1.82, 2.24) is 0 Å². The molecule has 0 unspecified atom stereocenters. The summed E-state index contributed by atoms with van der Waals surface area (Å²) >= 11 is 0. The van der Waals surface area contributed by atoms with Crippen molar-refractivity contribution in [3.63, 3.8) is 0 Å². The average Bonchev–Trinajstić information content (AvgIpc) is 2.34. The Bertz CT molecular complexity index is 328. The van der Waals surface area contributed by atoms with Crippen molar-refractivity contribution < 1.29 is 4.79 Å². The number of Topliss-reactive ketones (excluding diaryl/α,β-unsaturated/α-hetero) is 1. The van der Waals surface area contributed by atoms with Gasteiger partial charge >= 0.3 is 0 Å². The summed E-state index contributed by atoms with van der Waals surface area (Å²) in [6.07, 6.45) is 6.67. The molecule has 1 aromatic rings. The Balaban J connectivity index is 2.60. The van der Waals surface area contributed by atoms with Crippen molar-refractivity contribution >= 4 is 5.78 Å². The third kappa shape index (κ3) is 3.80. The van der Waals surface area contributed by atoms with Gasteiger partial charge in [-0.2, -0.15) is 0 Å². The third-order valence-corrected chi connectivity index (χ3v) is 2.94. The third-order valence-electron chi connectivity index (χ3n) is 2.94. The molecular weight excluding hydrogens is 196 g/mol. The van der Waals surface area contributed by atoms with Crippen LogP contribution in [0.1, 0.15) is 61.9 Å². The molecule has 0 heterocycles. The SMILES string of the molecule is CCCCCCc1ccccc1C(=O)CC. The Labute approximate surface area is 98.9 Å². The second kappa shape index (κ2) is 7.21. The van der Waals surface area contributed by atoms with Crippen LogP contribution in [0.15, 0.2) is 24.3 Å². The smallest absolute Gasteiger partial charge is 0.162 e. The lowest BCUT2D eigenvalue weighted by atomic mass is 9.97. The Morgan fingerprint density at radius 2 is 1.81 bits per heavy atom. The molecule has 0 amide bonds. The van der Waals surface area contributed by atoms with Crippen LogP contribution in [-0.2, 0) is 6.42 Å². The molecule has 0 aromatic heterocycles. The largest absolute Gasteiger partial charge is 0.294 e. The van der Waals surface area contributed by atoms with E-state index >= 15 is 0 Å². The maximum absolute atomic E-state index is 11.7. The van der Waals surface area contributed by atoms with E-state index in [4.69, 9.17) is 0 Å². The number of benzene rings is 1. The van der Waals surface area contributed by atoms with Gasteiger partial charge in [-0.25, -0.2) is 0 Å². The van der Waals surface area contributed by atoms with Crippen LogP contribution < -0.4 is 0 Å². The Hall–Kier alpha value is -1.11. The molecule has 0 aliphatic heterocycles. The lowest BCUT2D eigenvalue weighted by Crippen LogP contribution is -2.02. The molecule has 0 N–H and O–H groups in total. The van der Waals surface area contributed by atoms with Crippen molar-refractivity contribution in [2.24, 2.45) is 0 Å². The lowest BCUT2D eigenvalue weighted by Gasteiger charge is -2.07. The molecule has 0 aliphatic carbocycles. The number of hydrogen-bond acceptors (Lipinski definition) is 1. The molecule has 0 atom stereocenters. The van der Waals surface area contributed by atoms with Crippen molar-refractivity contribution in [2.45, 2.75) is 52.4 Å². The zero-order chi connectivity index (χ0) is 11.8. The predicted octanol–water partition coefficient (Wildman–Crippen LogP) is 4.40. The van der Waals surface area contributed by atoms with Crippen LogP contribution >= 0.6 is 0 Å². The van der Waals surface area contributed by atoms with Gasteiger partial charge < -0.3 is 0 Å². The van der Waals surface area contributed by atoms with E-state index in [9.17, 15) is 4.79 Å². The van der Waals surface area contributed by atoms with Crippen LogP contribution in [0, 0.1) is 0 Å². The minimum absolute atomic E-state index is 0.270. The number of ketones is 1. The van der Waals surface area contributed by atoms with E-state index in [0.29, 0.717) is 6.42 Å². The van der Waals surface area contributed by atoms with Crippen LogP contribution in [0.4, 0.5) is 0 Å². The summed E-state index contributed by atoms with van der Waals surface area (Å²) in [7, 11) is 0. The molecule has 1 aromatic carbocycles. The Morgan fingerprint density at radius 3 is 2.50 bits per heavy atom. The summed E-state index contributed by atoms with van der Waals surface area (Å²) in [5.41, 5.74) is 2.16. The highest BCUT2D eigenvalue weighted by Crippen LogP contribution is 2.15. The van der Waals surface area contributed by atoms with Crippen molar-refractivity contribution in [3.8, 4) is 0 Å². The lowest BCUT2D eigenvalue weighted by molar-refractivity contribution is 0.0987. The Morgan fingerprint density at radius 1 is 1.06 bits per heavy atom. The minimum Gasteiger partial charge on any atom is -0.294 e. The van der Waals surface area contributed by atoms with Crippen LogP contribution in [0.3, 0.4) is 0 Å². The van der Waals surface area contributed by atoms with E-state index in [2.05, 4.69) is 13.0 Å². The number of rotatable bonds is 7. The van der Waals surface area contributed by atoms with Crippen LogP contribution in [0.5, 0.6) is 0 Å². The molecule has 1 nitrogen and oxygen atoms in total. The van der Waals surface area contributed by atoms with Gasteiger partial charge in [0.05, 0.1) is 0 Å². The van der Waals surface area contributed by atoms with E-state index in [-0.39, 0.29) is 5.78 Å². The van der Waals surface area contributed by atoms with E-state index in [1.165, 1.54) is 31.2 Å². The van der Waals surface area contributed by atoms with Crippen LogP contribution in [-0.4, -0.2) is 5.78 Å². The highest BCUT2D eigenvalue weighted by atomic mass is 16.1. The molecular formula is C15H22O. The fourth-order valence-electron chi connectivity index (χ4n) is 1.94. The van der Waals surface area contributed by atoms with Gasteiger partial charge in [0, 0.05) is 12.0 Å². The first-order valence-electron chi connectivity index (χ1n) is 6.40. The zero-order valence-corrected chi connectivity index (χ0v) is 10.5. The first-order valence-corrected chi connectivity index (χ1v) is 6.40. The van der Waals surface area contributed by atoms with Crippen LogP contribution in [0.25, 0.3) is 0 Å². The summed E-state index contributed by atoms with van der Waals surface area (Å²) < 4.78 is 0. The number of hydrogen-bond donors (Lipinski definition) is 0. The first-order chi connectivity index (χ1) is 7.79. The fourth-order valence-corrected chi connectivity index (χ4v) is 1.94. The standard InChI is InChI=1S/C15H22O/c1-3-5-6-7-10-13-11-8-9-12-14(13)15(16)4-2/h8-9,11-12H,3-7,10H2,1-2H3. The predicted molar refractivity (Wildman–Crippen MR) is 68.9 cm³/mol. The summed E-state index contributed by atoms with van der Waals surface area (Å²) in [5.74, 6) is 0.270. The number of aryl methyl sites for hydroxylation is 1. The van der Waals surface area contributed by atoms with Gasteiger partial charge in [0.25, 0.3) is 0 Å². The van der Waals surface area contributed by atoms with Gasteiger partial charge in [-0.3, -0.25) is 4.79 Å². The van der Waals surface area contributed by atoms with Gasteiger partial charge in [-0.1, -0.05) is 57.4 Å². The molecule has 0 saturated heterocycles. The topological polar surface area (TPSA) is 17.1 Å². The molecule has 0 fully saturated rings. The molecule has 16 heavy (non-hydrogen) atoms. The van der Waals surface area contributed by atoms with Crippen molar-refractivity contribution in [1.29, 1.82) is 0 Å². The van der Waals surface area contributed by atoms with Crippen molar-refractivity contribution in [2.75, 3.05) is 0 Å². The molecule has 1 heteroatoms. The normalized spacial score (nSPS) is 10.4. The van der Waals surface area contributed by atoms with E-state index in [1.807, 2.05) is 25.1 Å². The number of carbonyl (C=O) groups excluding carboxylic acids is 1. The summed E-state index contributed by atoms with van der Waals surface area (Å²) in [4.78, 5) is 11.7. The molecule has 0 radical (unpaired) electrons. The monoisotopic (exact) mass is 218 g/mol. The average molecular weight is 218 g/mol. The zero-order valence-electron chi connectivity index (χ0n) is 10.5. The second-order valence-electron chi connectivity index (χ2n) is 4.24. The molecule has 0 saturated carbocycles. The summed E-state index contributed by atoms with van der Waals surface area (Å²) in [6, 6.07) is 8.04. The van der Waals surface area contributed by atoms with Gasteiger partial charge in [0.1, 0.15) is 0 Å². The second-order valence-corrected chi connectivity index (χ2v) is 4.24. The first kappa shape index (κ1) is 13.0. The highest BCUT2D eigenvalue weighted by Gasteiger charge is 2.07.